The second-order valence-electron chi connectivity index (χ2n) is 5.43. The first-order valence-electron chi connectivity index (χ1n) is 6.86. The Labute approximate surface area is 122 Å². The van der Waals surface area contributed by atoms with Crippen molar-refractivity contribution in [2.75, 3.05) is 0 Å². The zero-order valence-corrected chi connectivity index (χ0v) is 12.3. The Bertz CT molecular complexity index is 651. The summed E-state index contributed by atoms with van der Waals surface area (Å²) < 4.78 is 41.3. The summed E-state index contributed by atoms with van der Waals surface area (Å²) in [5, 5.41) is 3.19. The van der Waals surface area contributed by atoms with E-state index in [0.717, 1.165) is 11.6 Å². The molecule has 0 unspecified atom stereocenters. The molecule has 0 aliphatic rings. The molecule has 4 heteroatoms. The maximum Gasteiger partial charge on any atom is 0.134 e. The van der Waals surface area contributed by atoms with Crippen molar-refractivity contribution < 1.29 is 13.2 Å². The number of hydrogen-bond donors (Lipinski definition) is 1. The molecule has 0 heterocycles. The van der Waals surface area contributed by atoms with E-state index in [1.165, 1.54) is 25.1 Å². The van der Waals surface area contributed by atoms with E-state index in [9.17, 15) is 13.2 Å². The van der Waals surface area contributed by atoms with Crippen molar-refractivity contribution >= 4 is 0 Å². The molecule has 2 aromatic carbocycles. The lowest BCUT2D eigenvalue weighted by Gasteiger charge is -2.11. The van der Waals surface area contributed by atoms with Crippen molar-refractivity contribution in [2.24, 2.45) is 0 Å². The van der Waals surface area contributed by atoms with Crippen LogP contribution < -0.4 is 5.32 Å². The predicted molar refractivity (Wildman–Crippen MR) is 78.5 cm³/mol. The van der Waals surface area contributed by atoms with Gasteiger partial charge in [-0.15, -0.1) is 0 Å². The van der Waals surface area contributed by atoms with Crippen molar-refractivity contribution in [1.82, 2.24) is 5.32 Å². The Morgan fingerprint density at radius 2 is 1.57 bits per heavy atom. The molecule has 0 amide bonds. The quantitative estimate of drug-likeness (QED) is 0.870. The average Bonchev–Trinajstić information content (AvgIpc) is 2.41. The van der Waals surface area contributed by atoms with E-state index in [-0.39, 0.29) is 16.7 Å². The van der Waals surface area contributed by atoms with Gasteiger partial charge in [0.15, 0.2) is 0 Å². The largest absolute Gasteiger partial charge is 0.310 e. The maximum atomic E-state index is 14.2. The maximum absolute atomic E-state index is 14.2. The molecule has 0 aliphatic carbocycles. The van der Waals surface area contributed by atoms with Crippen LogP contribution in [0.3, 0.4) is 0 Å². The standard InChI is InChI=1S/C17H18F3N/c1-10(2)21-9-12-4-5-13(16(19)7-12)14-6-11(3)15(18)8-17(14)20/h4-8,10,21H,9H2,1-3H3. The minimum atomic E-state index is -0.759. The molecule has 0 bridgehead atoms. The molecule has 0 aromatic heterocycles. The highest BCUT2D eigenvalue weighted by molar-refractivity contribution is 5.66. The van der Waals surface area contributed by atoms with Gasteiger partial charge in [0, 0.05) is 29.8 Å². The second kappa shape index (κ2) is 6.31. The SMILES string of the molecule is Cc1cc(-c2ccc(CNC(C)C)cc2F)c(F)cc1F. The van der Waals surface area contributed by atoms with Gasteiger partial charge < -0.3 is 5.32 Å². The van der Waals surface area contributed by atoms with Gasteiger partial charge in [-0.1, -0.05) is 26.0 Å². The van der Waals surface area contributed by atoms with Crippen LogP contribution in [0, 0.1) is 24.4 Å². The lowest BCUT2D eigenvalue weighted by molar-refractivity contribution is 0.575. The smallest absolute Gasteiger partial charge is 0.134 e. The second-order valence-corrected chi connectivity index (χ2v) is 5.43. The first kappa shape index (κ1) is 15.6. The molecular weight excluding hydrogens is 275 g/mol. The molecule has 0 saturated carbocycles. The number of aryl methyl sites for hydroxylation is 1. The van der Waals surface area contributed by atoms with Crippen molar-refractivity contribution in [3.05, 3.63) is 58.9 Å². The van der Waals surface area contributed by atoms with Crippen molar-refractivity contribution in [3.8, 4) is 11.1 Å². The van der Waals surface area contributed by atoms with Gasteiger partial charge in [-0.3, -0.25) is 0 Å². The van der Waals surface area contributed by atoms with Gasteiger partial charge in [0.05, 0.1) is 0 Å². The van der Waals surface area contributed by atoms with Crippen molar-refractivity contribution in [2.45, 2.75) is 33.4 Å². The van der Waals surface area contributed by atoms with Gasteiger partial charge in [0.25, 0.3) is 0 Å². The van der Waals surface area contributed by atoms with Crippen LogP contribution in [0.15, 0.2) is 30.3 Å². The van der Waals surface area contributed by atoms with Crippen LogP contribution >= 0.6 is 0 Å². The molecule has 0 saturated heterocycles. The third-order valence-corrected chi connectivity index (χ3v) is 3.29. The molecule has 0 radical (unpaired) electrons. The molecular formula is C17H18F3N. The highest BCUT2D eigenvalue weighted by atomic mass is 19.1. The summed E-state index contributed by atoms with van der Waals surface area (Å²) in [5.74, 6) is -1.90. The minimum absolute atomic E-state index is 0.0785. The normalized spacial score (nSPS) is 11.2. The molecule has 0 aliphatic heterocycles. The molecule has 0 spiro atoms. The number of hydrogen-bond acceptors (Lipinski definition) is 1. The first-order valence-corrected chi connectivity index (χ1v) is 6.86. The molecule has 0 fully saturated rings. The van der Waals surface area contributed by atoms with E-state index in [4.69, 9.17) is 0 Å². The van der Waals surface area contributed by atoms with Crippen LogP contribution in [-0.4, -0.2) is 6.04 Å². The van der Waals surface area contributed by atoms with Gasteiger partial charge in [-0.25, -0.2) is 13.2 Å². The fraction of sp³-hybridized carbons (Fsp3) is 0.294. The van der Waals surface area contributed by atoms with Crippen LogP contribution in [0.4, 0.5) is 13.2 Å². The molecule has 1 N–H and O–H groups in total. The van der Waals surface area contributed by atoms with Crippen LogP contribution in [-0.2, 0) is 6.54 Å². The fourth-order valence-corrected chi connectivity index (χ4v) is 2.07. The van der Waals surface area contributed by atoms with Crippen molar-refractivity contribution in [1.29, 1.82) is 0 Å². The summed E-state index contributed by atoms with van der Waals surface area (Å²) >= 11 is 0. The lowest BCUT2D eigenvalue weighted by Crippen LogP contribution is -2.21. The summed E-state index contributed by atoms with van der Waals surface area (Å²) in [4.78, 5) is 0. The Kier molecular flexibility index (Phi) is 4.68. The Balaban J connectivity index is 2.35. The highest BCUT2D eigenvalue weighted by Crippen LogP contribution is 2.28. The van der Waals surface area contributed by atoms with Gasteiger partial charge in [0.1, 0.15) is 17.5 Å². The van der Waals surface area contributed by atoms with E-state index in [1.807, 2.05) is 13.8 Å². The Morgan fingerprint density at radius 3 is 2.19 bits per heavy atom. The van der Waals surface area contributed by atoms with E-state index in [2.05, 4.69) is 5.32 Å². The Morgan fingerprint density at radius 1 is 0.905 bits per heavy atom. The van der Waals surface area contributed by atoms with Crippen LogP contribution in [0.25, 0.3) is 11.1 Å². The van der Waals surface area contributed by atoms with E-state index in [1.54, 1.807) is 6.07 Å². The summed E-state index contributed by atoms with van der Waals surface area (Å²) in [6, 6.07) is 7.06. The summed E-state index contributed by atoms with van der Waals surface area (Å²) in [5.41, 5.74) is 1.29. The third-order valence-electron chi connectivity index (χ3n) is 3.29. The zero-order chi connectivity index (χ0) is 15.6. The highest BCUT2D eigenvalue weighted by Gasteiger charge is 2.13. The molecule has 0 atom stereocenters. The van der Waals surface area contributed by atoms with E-state index in [0.29, 0.717) is 12.6 Å². The van der Waals surface area contributed by atoms with Crippen molar-refractivity contribution in [3.63, 3.8) is 0 Å². The van der Waals surface area contributed by atoms with Crippen LogP contribution in [0.2, 0.25) is 0 Å². The summed E-state index contributed by atoms with van der Waals surface area (Å²) in [7, 11) is 0. The topological polar surface area (TPSA) is 12.0 Å². The Hall–Kier alpha value is -1.81. The van der Waals surface area contributed by atoms with E-state index >= 15 is 0 Å². The van der Waals surface area contributed by atoms with Gasteiger partial charge in [-0.05, 0) is 30.2 Å². The summed E-state index contributed by atoms with van der Waals surface area (Å²) in [6.07, 6.45) is 0. The number of rotatable bonds is 4. The van der Waals surface area contributed by atoms with Crippen LogP contribution in [0.1, 0.15) is 25.0 Å². The zero-order valence-electron chi connectivity index (χ0n) is 12.3. The number of benzene rings is 2. The molecule has 1 nitrogen and oxygen atoms in total. The average molecular weight is 293 g/mol. The lowest BCUT2D eigenvalue weighted by atomic mass is 10.0. The molecule has 2 rings (SSSR count). The van der Waals surface area contributed by atoms with Gasteiger partial charge in [0.2, 0.25) is 0 Å². The third kappa shape index (κ3) is 3.64. The number of halogens is 3. The number of nitrogens with one attached hydrogen (secondary N) is 1. The predicted octanol–water partition coefficient (Wildman–Crippen LogP) is 4.58. The van der Waals surface area contributed by atoms with Gasteiger partial charge in [-0.2, -0.15) is 0 Å². The molecule has 21 heavy (non-hydrogen) atoms. The molecule has 112 valence electrons. The van der Waals surface area contributed by atoms with Crippen LogP contribution in [0.5, 0.6) is 0 Å². The monoisotopic (exact) mass is 293 g/mol. The molecule has 2 aromatic rings. The van der Waals surface area contributed by atoms with E-state index < -0.39 is 17.5 Å². The minimum Gasteiger partial charge on any atom is -0.310 e. The summed E-state index contributed by atoms with van der Waals surface area (Å²) in [6.45, 7) is 6.07. The first-order chi connectivity index (χ1) is 9.88. The van der Waals surface area contributed by atoms with Gasteiger partial charge >= 0.3 is 0 Å². The fourth-order valence-electron chi connectivity index (χ4n) is 2.07.